The fraction of sp³-hybridized carbons (Fsp3) is 0.429. The minimum absolute atomic E-state index is 0.0304. The molecule has 1 saturated carbocycles. The Morgan fingerprint density at radius 1 is 1.20 bits per heavy atom. The van der Waals surface area contributed by atoms with Crippen molar-refractivity contribution in [3.63, 3.8) is 0 Å². The van der Waals surface area contributed by atoms with Crippen molar-refractivity contribution in [3.05, 3.63) is 40.9 Å². The summed E-state index contributed by atoms with van der Waals surface area (Å²) in [6.45, 7) is 0. The van der Waals surface area contributed by atoms with E-state index in [1.807, 2.05) is 34.9 Å². The van der Waals surface area contributed by atoms with Crippen molar-refractivity contribution in [1.82, 2.24) is 14.8 Å². The monoisotopic (exact) mass is 295 g/mol. The number of nitrogens with zero attached hydrogens (tertiary/aromatic N) is 2. The van der Waals surface area contributed by atoms with Crippen LogP contribution in [0.4, 0.5) is 8.78 Å². The Hall–Kier alpha value is -1.56. The predicted molar refractivity (Wildman–Crippen MR) is 74.9 cm³/mol. The molecule has 1 fully saturated rings. The Morgan fingerprint density at radius 2 is 1.85 bits per heavy atom. The normalized spacial score (nSPS) is 19.1. The molecule has 1 aliphatic carbocycles. The number of aromatic nitrogens is 3. The van der Waals surface area contributed by atoms with Gasteiger partial charge >= 0.3 is 0 Å². The van der Waals surface area contributed by atoms with E-state index in [2.05, 4.69) is 10.2 Å². The summed E-state index contributed by atoms with van der Waals surface area (Å²) in [5, 5.41) is 7.05. The van der Waals surface area contributed by atoms with Crippen LogP contribution in [0.5, 0.6) is 0 Å². The predicted octanol–water partition coefficient (Wildman–Crippen LogP) is 4.22. The molecule has 6 heteroatoms. The van der Waals surface area contributed by atoms with Gasteiger partial charge in [0.2, 0.25) is 5.92 Å². The van der Waals surface area contributed by atoms with Gasteiger partial charge in [0.05, 0.1) is 0 Å². The Balaban J connectivity index is 1.94. The Morgan fingerprint density at radius 3 is 2.50 bits per heavy atom. The number of H-pyrrole nitrogens is 1. The van der Waals surface area contributed by atoms with E-state index in [0.717, 1.165) is 11.5 Å². The number of rotatable bonds is 2. The molecule has 1 aliphatic rings. The third-order valence-corrected chi connectivity index (χ3v) is 4.07. The molecule has 0 radical (unpaired) electrons. The zero-order valence-corrected chi connectivity index (χ0v) is 11.7. The van der Waals surface area contributed by atoms with Crippen LogP contribution in [0.15, 0.2) is 30.3 Å². The van der Waals surface area contributed by atoms with Crippen molar-refractivity contribution in [2.75, 3.05) is 0 Å². The highest BCUT2D eigenvalue weighted by atomic mass is 32.1. The van der Waals surface area contributed by atoms with E-state index in [4.69, 9.17) is 12.2 Å². The highest BCUT2D eigenvalue weighted by Crippen LogP contribution is 2.40. The molecule has 3 nitrogen and oxygen atoms in total. The Bertz CT molecular complexity index is 638. The highest BCUT2D eigenvalue weighted by Gasteiger charge is 2.37. The molecule has 3 rings (SSSR count). The number of hydrogen-bond acceptors (Lipinski definition) is 2. The maximum Gasteiger partial charge on any atom is 0.248 e. The van der Waals surface area contributed by atoms with Gasteiger partial charge in [-0.25, -0.2) is 8.78 Å². The second-order valence-electron chi connectivity index (χ2n) is 5.19. The number of para-hydroxylation sites is 1. The summed E-state index contributed by atoms with van der Waals surface area (Å²) in [5.74, 6) is -1.74. The maximum absolute atomic E-state index is 13.3. The molecule has 0 amide bonds. The number of nitrogens with one attached hydrogen (secondary N) is 1. The van der Waals surface area contributed by atoms with E-state index in [-0.39, 0.29) is 18.8 Å². The molecule has 1 aromatic heterocycles. The summed E-state index contributed by atoms with van der Waals surface area (Å²) in [5.41, 5.74) is 0.915. The van der Waals surface area contributed by atoms with Crippen LogP contribution in [0.25, 0.3) is 5.69 Å². The van der Waals surface area contributed by atoms with Crippen LogP contribution < -0.4 is 0 Å². The van der Waals surface area contributed by atoms with Crippen LogP contribution in [-0.2, 0) is 0 Å². The van der Waals surface area contributed by atoms with Crippen LogP contribution in [-0.4, -0.2) is 20.7 Å². The zero-order valence-electron chi connectivity index (χ0n) is 10.9. The molecule has 1 N–H and O–H groups in total. The first-order valence-electron chi connectivity index (χ1n) is 6.67. The molecule has 106 valence electrons. The van der Waals surface area contributed by atoms with Crippen molar-refractivity contribution in [2.24, 2.45) is 0 Å². The molecule has 0 aliphatic heterocycles. The van der Waals surface area contributed by atoms with Gasteiger partial charge in [-0.1, -0.05) is 18.2 Å². The third-order valence-electron chi connectivity index (χ3n) is 3.79. The topological polar surface area (TPSA) is 33.6 Å². The molecule has 1 heterocycles. The van der Waals surface area contributed by atoms with Gasteiger partial charge in [0, 0.05) is 24.4 Å². The van der Waals surface area contributed by atoms with E-state index in [1.54, 1.807) is 0 Å². The van der Waals surface area contributed by atoms with Crippen molar-refractivity contribution < 1.29 is 8.78 Å². The van der Waals surface area contributed by atoms with E-state index < -0.39 is 5.92 Å². The smallest absolute Gasteiger partial charge is 0.248 e. The molecule has 0 spiro atoms. The van der Waals surface area contributed by atoms with Crippen LogP contribution in [0, 0.1) is 4.77 Å². The van der Waals surface area contributed by atoms with Crippen LogP contribution in [0.2, 0.25) is 0 Å². The molecule has 0 unspecified atom stereocenters. The van der Waals surface area contributed by atoms with Crippen molar-refractivity contribution in [1.29, 1.82) is 0 Å². The van der Waals surface area contributed by atoms with Gasteiger partial charge in [-0.3, -0.25) is 9.67 Å². The second kappa shape index (κ2) is 5.09. The minimum atomic E-state index is -2.53. The second-order valence-corrected chi connectivity index (χ2v) is 5.57. The Kier molecular flexibility index (Phi) is 3.41. The fourth-order valence-corrected chi connectivity index (χ4v) is 2.95. The number of aromatic amines is 1. The van der Waals surface area contributed by atoms with Gasteiger partial charge in [0.15, 0.2) is 4.77 Å². The maximum atomic E-state index is 13.3. The van der Waals surface area contributed by atoms with Crippen LogP contribution in [0.3, 0.4) is 0 Å². The average molecular weight is 295 g/mol. The third kappa shape index (κ3) is 2.52. The lowest BCUT2D eigenvalue weighted by atomic mass is 9.86. The standard InChI is InChI=1S/C14H15F2N3S/c15-14(16)8-6-10(7-9-14)12-17-18-13(20)19(12)11-4-2-1-3-5-11/h1-5,10H,6-9H2,(H,18,20). The molecule has 20 heavy (non-hydrogen) atoms. The summed E-state index contributed by atoms with van der Waals surface area (Å²) in [7, 11) is 0. The van der Waals surface area contributed by atoms with E-state index in [0.29, 0.717) is 17.6 Å². The molecular weight excluding hydrogens is 280 g/mol. The SMILES string of the molecule is FC1(F)CCC(c2n[nH]c(=S)n2-c2ccccc2)CC1. The largest absolute Gasteiger partial charge is 0.272 e. The van der Waals surface area contributed by atoms with Gasteiger partial charge < -0.3 is 0 Å². The average Bonchev–Trinajstić information content (AvgIpc) is 2.82. The molecule has 2 aromatic rings. The first kappa shape index (κ1) is 13.4. The number of hydrogen-bond donors (Lipinski definition) is 1. The number of halogens is 2. The van der Waals surface area contributed by atoms with Gasteiger partial charge in [-0.05, 0) is 37.2 Å². The summed E-state index contributed by atoms with van der Waals surface area (Å²) in [6, 6.07) is 9.64. The summed E-state index contributed by atoms with van der Waals surface area (Å²) < 4.78 is 28.9. The lowest BCUT2D eigenvalue weighted by Gasteiger charge is -2.27. The van der Waals surface area contributed by atoms with E-state index in [9.17, 15) is 8.78 Å². The van der Waals surface area contributed by atoms with Gasteiger partial charge in [0.1, 0.15) is 5.82 Å². The van der Waals surface area contributed by atoms with Crippen molar-refractivity contribution in [2.45, 2.75) is 37.5 Å². The van der Waals surface area contributed by atoms with Crippen LogP contribution >= 0.6 is 12.2 Å². The summed E-state index contributed by atoms with van der Waals surface area (Å²) in [4.78, 5) is 0. The highest BCUT2D eigenvalue weighted by molar-refractivity contribution is 7.71. The molecule has 0 bridgehead atoms. The molecular formula is C14H15F2N3S. The quantitative estimate of drug-likeness (QED) is 0.841. The summed E-state index contributed by atoms with van der Waals surface area (Å²) in [6.07, 6.45) is 0.733. The lowest BCUT2D eigenvalue weighted by molar-refractivity contribution is -0.0388. The van der Waals surface area contributed by atoms with Gasteiger partial charge in [-0.15, -0.1) is 0 Å². The van der Waals surface area contributed by atoms with Gasteiger partial charge in [-0.2, -0.15) is 5.10 Å². The molecule has 0 atom stereocenters. The van der Waals surface area contributed by atoms with Crippen LogP contribution in [0.1, 0.15) is 37.4 Å². The number of benzene rings is 1. The van der Waals surface area contributed by atoms with Gasteiger partial charge in [0.25, 0.3) is 0 Å². The van der Waals surface area contributed by atoms with Crippen molar-refractivity contribution in [3.8, 4) is 5.69 Å². The lowest BCUT2D eigenvalue weighted by Crippen LogP contribution is -2.25. The van der Waals surface area contributed by atoms with E-state index >= 15 is 0 Å². The number of alkyl halides is 2. The fourth-order valence-electron chi connectivity index (χ4n) is 2.71. The zero-order chi connectivity index (χ0) is 14.2. The summed E-state index contributed by atoms with van der Waals surface area (Å²) >= 11 is 5.27. The minimum Gasteiger partial charge on any atom is -0.272 e. The first-order chi connectivity index (χ1) is 9.57. The molecule has 1 aromatic carbocycles. The Labute approximate surface area is 120 Å². The first-order valence-corrected chi connectivity index (χ1v) is 7.08. The van der Waals surface area contributed by atoms with E-state index in [1.165, 1.54) is 0 Å². The molecule has 0 saturated heterocycles. The van der Waals surface area contributed by atoms with Crippen molar-refractivity contribution >= 4 is 12.2 Å².